The van der Waals surface area contributed by atoms with Gasteiger partial charge in [-0.25, -0.2) is 4.98 Å². The Hall–Kier alpha value is -3.29. The van der Waals surface area contributed by atoms with E-state index in [1.54, 1.807) is 0 Å². The quantitative estimate of drug-likeness (QED) is 0.308. The molecule has 0 radical (unpaired) electrons. The summed E-state index contributed by atoms with van der Waals surface area (Å²) in [5.74, 6) is 2.52. The van der Waals surface area contributed by atoms with Crippen molar-refractivity contribution in [1.29, 1.82) is 0 Å². The maximum Gasteiger partial charge on any atom is 0.161 e. The minimum absolute atomic E-state index is 0.555. The second-order valence-corrected chi connectivity index (χ2v) is 9.13. The molecule has 0 saturated heterocycles. The number of hydrogen-bond acceptors (Lipinski definition) is 5. The Morgan fingerprint density at radius 2 is 1.80 bits per heavy atom. The summed E-state index contributed by atoms with van der Waals surface area (Å²) in [6, 6.07) is 16.4. The lowest BCUT2D eigenvalue weighted by molar-refractivity contribution is 0.170. The lowest BCUT2D eigenvalue weighted by Crippen LogP contribution is -2.24. The Morgan fingerprint density at radius 1 is 1.00 bits per heavy atom. The second kappa shape index (κ2) is 11.0. The van der Waals surface area contributed by atoms with E-state index in [0.29, 0.717) is 24.9 Å². The zero-order chi connectivity index (χ0) is 24.0. The van der Waals surface area contributed by atoms with E-state index in [1.165, 1.54) is 0 Å². The van der Waals surface area contributed by atoms with Gasteiger partial charge in [-0.05, 0) is 24.1 Å². The van der Waals surface area contributed by atoms with Gasteiger partial charge in [0.15, 0.2) is 16.7 Å². The van der Waals surface area contributed by atoms with E-state index < -0.39 is 0 Å². The van der Waals surface area contributed by atoms with Crippen LogP contribution in [-0.4, -0.2) is 37.9 Å². The zero-order valence-corrected chi connectivity index (χ0v) is 20.7. The molecule has 0 fully saturated rings. The number of unbranched alkanes of at least 4 members (excludes halogenated alkanes) is 1. The van der Waals surface area contributed by atoms with Gasteiger partial charge in [0.2, 0.25) is 0 Å². The fourth-order valence-corrected chi connectivity index (χ4v) is 4.66. The SMILES string of the molecule is CCCCn1c(-c2ccccc2)nc(Cl)c1CN(Cc1cn[nH]c1)Cc1ccc2c(c1)OCCO2. The van der Waals surface area contributed by atoms with Crippen molar-refractivity contribution in [2.24, 2.45) is 0 Å². The molecule has 3 heterocycles. The summed E-state index contributed by atoms with van der Waals surface area (Å²) in [5.41, 5.74) is 4.36. The predicted molar refractivity (Wildman–Crippen MR) is 137 cm³/mol. The van der Waals surface area contributed by atoms with E-state index in [0.717, 1.165) is 72.2 Å². The van der Waals surface area contributed by atoms with Crippen LogP contribution < -0.4 is 9.47 Å². The summed E-state index contributed by atoms with van der Waals surface area (Å²) in [4.78, 5) is 7.15. The zero-order valence-electron chi connectivity index (χ0n) is 19.9. The number of halogens is 1. The summed E-state index contributed by atoms with van der Waals surface area (Å²) in [5, 5.41) is 7.61. The van der Waals surface area contributed by atoms with Crippen LogP contribution in [0.1, 0.15) is 36.6 Å². The van der Waals surface area contributed by atoms with Gasteiger partial charge in [0.05, 0.1) is 11.9 Å². The maximum atomic E-state index is 6.79. The third-order valence-corrected chi connectivity index (χ3v) is 6.44. The van der Waals surface area contributed by atoms with E-state index in [2.05, 4.69) is 50.9 Å². The fraction of sp³-hybridized carbons (Fsp3) is 0.333. The number of fused-ring (bicyclic) bond motifs is 1. The van der Waals surface area contributed by atoms with E-state index >= 15 is 0 Å². The number of aromatic nitrogens is 4. The van der Waals surface area contributed by atoms with Gasteiger partial charge in [-0.15, -0.1) is 0 Å². The number of nitrogens with zero attached hydrogens (tertiary/aromatic N) is 4. The third kappa shape index (κ3) is 5.52. The van der Waals surface area contributed by atoms with Gasteiger partial charge >= 0.3 is 0 Å². The molecule has 0 saturated carbocycles. The Morgan fingerprint density at radius 3 is 2.57 bits per heavy atom. The molecular formula is C27H30ClN5O2. The Balaban J connectivity index is 1.46. The average molecular weight is 492 g/mol. The third-order valence-electron chi connectivity index (χ3n) is 6.14. The Labute approximate surface area is 210 Å². The average Bonchev–Trinajstić information content (AvgIpc) is 3.51. The highest BCUT2D eigenvalue weighted by Gasteiger charge is 2.21. The van der Waals surface area contributed by atoms with E-state index in [-0.39, 0.29) is 0 Å². The molecule has 0 spiro atoms. The van der Waals surface area contributed by atoms with E-state index in [1.807, 2.05) is 36.7 Å². The molecule has 182 valence electrons. The number of aromatic amines is 1. The molecule has 0 amide bonds. The molecule has 8 heteroatoms. The maximum absolute atomic E-state index is 6.79. The number of nitrogens with one attached hydrogen (secondary N) is 1. The summed E-state index contributed by atoms with van der Waals surface area (Å²) in [7, 11) is 0. The van der Waals surface area contributed by atoms with E-state index in [4.69, 9.17) is 26.1 Å². The predicted octanol–water partition coefficient (Wildman–Crippen LogP) is 5.70. The van der Waals surface area contributed by atoms with Gasteiger partial charge in [-0.2, -0.15) is 5.10 Å². The molecule has 2 aromatic carbocycles. The lowest BCUT2D eigenvalue weighted by atomic mass is 10.1. The summed E-state index contributed by atoms with van der Waals surface area (Å²) < 4.78 is 13.8. The van der Waals surface area contributed by atoms with Gasteiger partial charge in [0.1, 0.15) is 19.0 Å². The molecule has 0 unspecified atom stereocenters. The fourth-order valence-electron chi connectivity index (χ4n) is 4.42. The number of hydrogen-bond donors (Lipinski definition) is 1. The lowest BCUT2D eigenvalue weighted by Gasteiger charge is -2.24. The number of H-pyrrole nitrogens is 1. The first-order valence-electron chi connectivity index (χ1n) is 12.1. The van der Waals surface area contributed by atoms with Crippen LogP contribution in [0.5, 0.6) is 11.5 Å². The van der Waals surface area contributed by atoms with Crippen LogP contribution in [0, 0.1) is 0 Å². The van der Waals surface area contributed by atoms with Crippen molar-refractivity contribution in [2.75, 3.05) is 13.2 Å². The number of benzene rings is 2. The van der Waals surface area contributed by atoms with Gasteiger partial charge in [0.25, 0.3) is 0 Å². The van der Waals surface area contributed by atoms with Crippen LogP contribution >= 0.6 is 11.6 Å². The van der Waals surface area contributed by atoms with Crippen molar-refractivity contribution in [1.82, 2.24) is 24.6 Å². The minimum atomic E-state index is 0.555. The molecule has 5 rings (SSSR count). The van der Waals surface area contributed by atoms with Crippen LogP contribution in [0.15, 0.2) is 60.9 Å². The van der Waals surface area contributed by atoms with Crippen molar-refractivity contribution in [3.8, 4) is 22.9 Å². The number of imidazole rings is 1. The van der Waals surface area contributed by atoms with Crippen molar-refractivity contribution in [3.05, 3.63) is 82.9 Å². The molecule has 1 N–H and O–H groups in total. The molecule has 35 heavy (non-hydrogen) atoms. The Kier molecular flexibility index (Phi) is 7.35. The highest BCUT2D eigenvalue weighted by atomic mass is 35.5. The highest BCUT2D eigenvalue weighted by molar-refractivity contribution is 6.30. The van der Waals surface area contributed by atoms with Crippen LogP contribution in [0.3, 0.4) is 0 Å². The largest absolute Gasteiger partial charge is 0.486 e. The molecule has 0 atom stereocenters. The summed E-state index contributed by atoms with van der Waals surface area (Å²) >= 11 is 6.79. The van der Waals surface area contributed by atoms with Gasteiger partial charge < -0.3 is 14.0 Å². The van der Waals surface area contributed by atoms with Crippen LogP contribution in [0.4, 0.5) is 0 Å². The first-order chi connectivity index (χ1) is 17.2. The van der Waals surface area contributed by atoms with Crippen LogP contribution in [-0.2, 0) is 26.2 Å². The first kappa shape index (κ1) is 23.5. The standard InChI is InChI=1S/C27H30ClN5O2/c1-2-3-11-33-23(26(28)31-27(33)22-7-5-4-6-8-22)19-32(18-21-15-29-30-16-21)17-20-9-10-24-25(14-20)35-13-12-34-24/h4-10,14-16H,2-3,11-13,17-19H2,1H3,(H,29,30). The minimum Gasteiger partial charge on any atom is -0.486 e. The molecular weight excluding hydrogens is 462 g/mol. The smallest absolute Gasteiger partial charge is 0.161 e. The number of ether oxygens (including phenoxy) is 2. The topological polar surface area (TPSA) is 68.2 Å². The molecule has 0 bridgehead atoms. The summed E-state index contributed by atoms with van der Waals surface area (Å²) in [6.07, 6.45) is 5.95. The van der Waals surface area contributed by atoms with Crippen molar-refractivity contribution < 1.29 is 9.47 Å². The second-order valence-electron chi connectivity index (χ2n) is 8.77. The van der Waals surface area contributed by atoms with Crippen molar-refractivity contribution in [2.45, 2.75) is 45.9 Å². The van der Waals surface area contributed by atoms with Gasteiger partial charge in [0, 0.05) is 43.5 Å². The molecule has 0 aliphatic carbocycles. The first-order valence-corrected chi connectivity index (χ1v) is 12.5. The van der Waals surface area contributed by atoms with Crippen LogP contribution in [0.2, 0.25) is 5.15 Å². The molecule has 7 nitrogen and oxygen atoms in total. The molecule has 2 aromatic heterocycles. The van der Waals surface area contributed by atoms with Crippen molar-refractivity contribution in [3.63, 3.8) is 0 Å². The van der Waals surface area contributed by atoms with Gasteiger partial charge in [-0.1, -0.05) is 61.3 Å². The highest BCUT2D eigenvalue weighted by Crippen LogP contribution is 2.32. The van der Waals surface area contributed by atoms with Gasteiger partial charge in [-0.3, -0.25) is 10.00 Å². The monoisotopic (exact) mass is 491 g/mol. The van der Waals surface area contributed by atoms with Crippen LogP contribution in [0.25, 0.3) is 11.4 Å². The molecule has 1 aliphatic heterocycles. The molecule has 1 aliphatic rings. The molecule has 4 aromatic rings. The van der Waals surface area contributed by atoms with E-state index in [9.17, 15) is 0 Å². The van der Waals surface area contributed by atoms with Crippen molar-refractivity contribution >= 4 is 11.6 Å². The summed E-state index contributed by atoms with van der Waals surface area (Å²) in [6.45, 7) is 6.33. The Bertz CT molecular complexity index is 1240. The number of rotatable bonds is 10. The normalized spacial score (nSPS) is 12.9.